The van der Waals surface area contributed by atoms with Crippen LogP contribution in [0.5, 0.6) is 0 Å². The third-order valence-corrected chi connectivity index (χ3v) is 4.62. The SMILES string of the molecule is CCC[C@@H](NC(=O)c1ccc2nc(C)[nH]c2c1)c1cccs1. The Hall–Kier alpha value is -2.14. The van der Waals surface area contributed by atoms with Crippen LogP contribution in [0.1, 0.15) is 46.9 Å². The number of imidazole rings is 1. The minimum atomic E-state index is -0.0407. The highest BCUT2D eigenvalue weighted by Gasteiger charge is 2.16. The van der Waals surface area contributed by atoms with Gasteiger partial charge in [0.25, 0.3) is 5.91 Å². The second-order valence-corrected chi connectivity index (χ2v) is 6.36. The average Bonchev–Trinajstić information content (AvgIpc) is 3.14. The molecule has 114 valence electrons. The van der Waals surface area contributed by atoms with Crippen molar-refractivity contribution in [3.63, 3.8) is 0 Å². The molecule has 2 N–H and O–H groups in total. The van der Waals surface area contributed by atoms with Crippen LogP contribution in [0.4, 0.5) is 0 Å². The lowest BCUT2D eigenvalue weighted by Gasteiger charge is -2.16. The second-order valence-electron chi connectivity index (χ2n) is 5.38. The van der Waals surface area contributed by atoms with Crippen molar-refractivity contribution < 1.29 is 4.79 Å². The molecule has 0 spiro atoms. The third-order valence-electron chi connectivity index (χ3n) is 3.63. The zero-order chi connectivity index (χ0) is 15.5. The molecule has 0 aliphatic rings. The van der Waals surface area contributed by atoms with Crippen molar-refractivity contribution in [1.29, 1.82) is 0 Å². The zero-order valence-corrected chi connectivity index (χ0v) is 13.5. The summed E-state index contributed by atoms with van der Waals surface area (Å²) in [5, 5.41) is 5.19. The summed E-state index contributed by atoms with van der Waals surface area (Å²) in [7, 11) is 0. The number of aromatic nitrogens is 2. The van der Waals surface area contributed by atoms with E-state index in [4.69, 9.17) is 0 Å². The van der Waals surface area contributed by atoms with E-state index in [0.29, 0.717) is 5.56 Å². The molecule has 0 bridgehead atoms. The molecule has 0 saturated carbocycles. The Morgan fingerprint density at radius 3 is 3.00 bits per heavy atom. The topological polar surface area (TPSA) is 57.8 Å². The van der Waals surface area contributed by atoms with Gasteiger partial charge in [0.05, 0.1) is 17.1 Å². The highest BCUT2D eigenvalue weighted by molar-refractivity contribution is 7.10. The first kappa shape index (κ1) is 14.8. The van der Waals surface area contributed by atoms with Gasteiger partial charge in [-0.2, -0.15) is 0 Å². The summed E-state index contributed by atoms with van der Waals surface area (Å²) in [4.78, 5) is 21.3. The minimum Gasteiger partial charge on any atom is -0.344 e. The van der Waals surface area contributed by atoms with Crippen LogP contribution in [0.2, 0.25) is 0 Å². The number of rotatable bonds is 5. The molecule has 1 amide bonds. The maximum Gasteiger partial charge on any atom is 0.251 e. The van der Waals surface area contributed by atoms with Gasteiger partial charge in [0.2, 0.25) is 0 Å². The molecule has 3 rings (SSSR count). The number of hydrogen-bond acceptors (Lipinski definition) is 3. The molecule has 0 fully saturated rings. The Labute approximate surface area is 133 Å². The predicted molar refractivity (Wildman–Crippen MR) is 90.3 cm³/mol. The lowest BCUT2D eigenvalue weighted by Crippen LogP contribution is -2.27. The fraction of sp³-hybridized carbons (Fsp3) is 0.294. The number of aromatic amines is 1. The number of benzene rings is 1. The molecule has 2 aromatic heterocycles. The van der Waals surface area contributed by atoms with Crippen LogP contribution in [-0.4, -0.2) is 15.9 Å². The van der Waals surface area contributed by atoms with E-state index in [1.54, 1.807) is 11.3 Å². The highest BCUT2D eigenvalue weighted by atomic mass is 32.1. The number of carbonyl (C=O) groups excluding carboxylic acids is 1. The van der Waals surface area contributed by atoms with Crippen LogP contribution < -0.4 is 5.32 Å². The molecular formula is C17H19N3OS. The number of fused-ring (bicyclic) bond motifs is 1. The Morgan fingerprint density at radius 2 is 2.27 bits per heavy atom. The quantitative estimate of drug-likeness (QED) is 0.741. The van der Waals surface area contributed by atoms with Gasteiger partial charge >= 0.3 is 0 Å². The number of aryl methyl sites for hydroxylation is 1. The van der Waals surface area contributed by atoms with E-state index in [-0.39, 0.29) is 11.9 Å². The summed E-state index contributed by atoms with van der Waals surface area (Å²) in [6.45, 7) is 4.04. The monoisotopic (exact) mass is 313 g/mol. The fourth-order valence-electron chi connectivity index (χ4n) is 2.58. The van der Waals surface area contributed by atoms with E-state index in [1.165, 1.54) is 4.88 Å². The van der Waals surface area contributed by atoms with Crippen molar-refractivity contribution in [3.8, 4) is 0 Å². The molecule has 0 radical (unpaired) electrons. The first-order chi connectivity index (χ1) is 10.7. The summed E-state index contributed by atoms with van der Waals surface area (Å²) >= 11 is 1.68. The Balaban J connectivity index is 1.81. The van der Waals surface area contributed by atoms with Gasteiger partial charge in [-0.1, -0.05) is 19.4 Å². The van der Waals surface area contributed by atoms with Crippen molar-refractivity contribution in [3.05, 3.63) is 52.0 Å². The lowest BCUT2D eigenvalue weighted by atomic mass is 10.1. The lowest BCUT2D eigenvalue weighted by molar-refractivity contribution is 0.0935. The zero-order valence-electron chi connectivity index (χ0n) is 12.7. The van der Waals surface area contributed by atoms with Crippen molar-refractivity contribution in [2.24, 2.45) is 0 Å². The second kappa shape index (κ2) is 6.32. The number of hydrogen-bond donors (Lipinski definition) is 2. The van der Waals surface area contributed by atoms with Gasteiger partial charge in [-0.15, -0.1) is 11.3 Å². The van der Waals surface area contributed by atoms with Gasteiger partial charge < -0.3 is 10.3 Å². The predicted octanol–water partition coefficient (Wildman–Crippen LogP) is 4.20. The Kier molecular flexibility index (Phi) is 4.24. The van der Waals surface area contributed by atoms with Gasteiger partial charge in [-0.3, -0.25) is 4.79 Å². The van der Waals surface area contributed by atoms with Crippen LogP contribution in [0, 0.1) is 6.92 Å². The molecule has 1 aromatic carbocycles. The van der Waals surface area contributed by atoms with Crippen LogP contribution in [0.3, 0.4) is 0 Å². The smallest absolute Gasteiger partial charge is 0.251 e. The molecule has 2 heterocycles. The van der Waals surface area contributed by atoms with Gasteiger partial charge in [-0.05, 0) is 43.0 Å². The third kappa shape index (κ3) is 3.04. The first-order valence-electron chi connectivity index (χ1n) is 7.48. The van der Waals surface area contributed by atoms with E-state index < -0.39 is 0 Å². The number of nitrogens with one attached hydrogen (secondary N) is 2. The molecule has 22 heavy (non-hydrogen) atoms. The summed E-state index contributed by atoms with van der Waals surface area (Å²) in [5.74, 6) is 0.816. The molecule has 5 heteroatoms. The van der Waals surface area contributed by atoms with Crippen LogP contribution in [0.15, 0.2) is 35.7 Å². The Bertz CT molecular complexity index is 776. The Morgan fingerprint density at radius 1 is 1.41 bits per heavy atom. The van der Waals surface area contributed by atoms with Gasteiger partial charge in [0.1, 0.15) is 5.82 Å². The minimum absolute atomic E-state index is 0.0407. The summed E-state index contributed by atoms with van der Waals surface area (Å²) < 4.78 is 0. The number of amides is 1. The maximum atomic E-state index is 12.5. The van der Waals surface area contributed by atoms with Crippen LogP contribution in [0.25, 0.3) is 11.0 Å². The van der Waals surface area contributed by atoms with E-state index in [9.17, 15) is 4.79 Å². The van der Waals surface area contributed by atoms with Gasteiger partial charge in [-0.25, -0.2) is 4.98 Å². The van der Waals surface area contributed by atoms with Crippen molar-refractivity contribution in [2.75, 3.05) is 0 Å². The molecule has 0 aliphatic heterocycles. The van der Waals surface area contributed by atoms with Gasteiger partial charge in [0, 0.05) is 10.4 Å². The number of nitrogens with zero attached hydrogens (tertiary/aromatic N) is 1. The maximum absolute atomic E-state index is 12.5. The molecule has 3 aromatic rings. The van der Waals surface area contributed by atoms with E-state index in [0.717, 1.165) is 29.7 Å². The van der Waals surface area contributed by atoms with E-state index in [2.05, 4.69) is 28.3 Å². The molecular weight excluding hydrogens is 294 g/mol. The largest absolute Gasteiger partial charge is 0.344 e. The fourth-order valence-corrected chi connectivity index (χ4v) is 3.40. The first-order valence-corrected chi connectivity index (χ1v) is 8.36. The molecule has 0 saturated heterocycles. The van der Waals surface area contributed by atoms with Crippen LogP contribution >= 0.6 is 11.3 Å². The average molecular weight is 313 g/mol. The standard InChI is InChI=1S/C17H19N3OS/c1-3-5-14(16-6-4-9-22-16)20-17(21)12-7-8-13-15(10-12)19-11(2)18-13/h4,6-10,14H,3,5H2,1-2H3,(H,18,19)(H,20,21)/t14-/m1/s1. The molecule has 0 aliphatic carbocycles. The summed E-state index contributed by atoms with van der Waals surface area (Å²) in [6.07, 6.45) is 1.97. The summed E-state index contributed by atoms with van der Waals surface area (Å²) in [6, 6.07) is 9.75. The molecule has 4 nitrogen and oxygen atoms in total. The summed E-state index contributed by atoms with van der Waals surface area (Å²) in [5.41, 5.74) is 2.44. The van der Waals surface area contributed by atoms with Crippen molar-refractivity contribution in [2.45, 2.75) is 32.7 Å². The number of H-pyrrole nitrogens is 1. The molecule has 1 atom stereocenters. The van der Waals surface area contributed by atoms with Crippen molar-refractivity contribution in [1.82, 2.24) is 15.3 Å². The van der Waals surface area contributed by atoms with E-state index in [1.807, 2.05) is 36.6 Å². The van der Waals surface area contributed by atoms with Crippen LogP contribution in [-0.2, 0) is 0 Å². The van der Waals surface area contributed by atoms with E-state index >= 15 is 0 Å². The normalized spacial score (nSPS) is 12.5. The highest BCUT2D eigenvalue weighted by Crippen LogP contribution is 2.24. The molecule has 0 unspecified atom stereocenters. The number of carbonyl (C=O) groups is 1. The van der Waals surface area contributed by atoms with Crippen molar-refractivity contribution >= 4 is 28.3 Å². The number of thiophene rings is 1. The van der Waals surface area contributed by atoms with Gasteiger partial charge in [0.15, 0.2) is 0 Å².